The van der Waals surface area contributed by atoms with E-state index < -0.39 is 6.10 Å². The van der Waals surface area contributed by atoms with Crippen LogP contribution in [0.15, 0.2) is 17.4 Å². The van der Waals surface area contributed by atoms with Crippen LogP contribution in [0.2, 0.25) is 0 Å². The number of aromatic amines is 1. The summed E-state index contributed by atoms with van der Waals surface area (Å²) < 4.78 is 5.20. The molecule has 2 atom stereocenters. The van der Waals surface area contributed by atoms with E-state index in [1.54, 1.807) is 17.4 Å². The van der Waals surface area contributed by atoms with Crippen LogP contribution in [0.4, 0.5) is 0 Å². The van der Waals surface area contributed by atoms with Crippen molar-refractivity contribution in [1.29, 1.82) is 0 Å². The number of aliphatic hydroxyl groups is 1. The maximum absolute atomic E-state index is 12.7. The molecule has 7 heteroatoms. The van der Waals surface area contributed by atoms with Crippen LogP contribution in [0.3, 0.4) is 0 Å². The van der Waals surface area contributed by atoms with Crippen molar-refractivity contribution in [1.82, 2.24) is 14.9 Å². The van der Waals surface area contributed by atoms with Crippen LogP contribution in [-0.2, 0) is 24.1 Å². The van der Waals surface area contributed by atoms with E-state index in [9.17, 15) is 9.90 Å². The third-order valence-electron chi connectivity index (χ3n) is 4.94. The molecule has 0 spiro atoms. The molecule has 0 radical (unpaired) electrons. The Morgan fingerprint density at radius 1 is 1.61 bits per heavy atom. The van der Waals surface area contributed by atoms with Crippen molar-refractivity contribution in [3.8, 4) is 12.3 Å². The number of fused-ring (bicyclic) bond motifs is 3. The number of aromatic nitrogens is 2. The van der Waals surface area contributed by atoms with Crippen molar-refractivity contribution in [2.75, 3.05) is 26.3 Å². The fraction of sp³-hybridized carbons (Fsp3) is 0.524. The van der Waals surface area contributed by atoms with E-state index in [1.807, 2.05) is 4.90 Å². The second kappa shape index (κ2) is 9.48. The van der Waals surface area contributed by atoms with Gasteiger partial charge in [0.2, 0.25) is 0 Å². The zero-order valence-electron chi connectivity index (χ0n) is 16.2. The van der Waals surface area contributed by atoms with Gasteiger partial charge in [-0.05, 0) is 30.7 Å². The van der Waals surface area contributed by atoms with Crippen molar-refractivity contribution in [2.45, 2.75) is 38.8 Å². The number of ether oxygens (including phenoxy) is 1. The number of H-pyrrole nitrogens is 1. The quantitative estimate of drug-likeness (QED) is 0.382. The molecule has 0 bridgehead atoms. The number of aryl methyl sites for hydroxylation is 1. The van der Waals surface area contributed by atoms with Crippen LogP contribution in [0.5, 0.6) is 0 Å². The summed E-state index contributed by atoms with van der Waals surface area (Å²) in [5.41, 5.74) is 1.12. The van der Waals surface area contributed by atoms with Crippen molar-refractivity contribution < 1.29 is 9.84 Å². The highest BCUT2D eigenvalue weighted by Gasteiger charge is 2.23. The highest BCUT2D eigenvalue weighted by atomic mass is 32.1. The van der Waals surface area contributed by atoms with Gasteiger partial charge in [-0.25, -0.2) is 4.98 Å². The first-order valence-corrected chi connectivity index (χ1v) is 10.4. The normalized spacial score (nSPS) is 17.4. The number of hydrogen-bond acceptors (Lipinski definition) is 6. The van der Waals surface area contributed by atoms with Crippen LogP contribution in [0.25, 0.3) is 10.2 Å². The molecular weight excluding hydrogens is 374 g/mol. The maximum Gasteiger partial charge on any atom is 0.259 e. The molecule has 1 aliphatic carbocycles. The smallest absolute Gasteiger partial charge is 0.259 e. The molecule has 6 nitrogen and oxygen atoms in total. The van der Waals surface area contributed by atoms with E-state index in [-0.39, 0.29) is 18.8 Å². The van der Waals surface area contributed by atoms with Gasteiger partial charge in [-0.15, -0.1) is 24.3 Å². The number of nitrogens with one attached hydrogen (secondary N) is 1. The molecule has 0 saturated heterocycles. The highest BCUT2D eigenvalue weighted by molar-refractivity contribution is 7.18. The first-order chi connectivity index (χ1) is 13.5. The average Bonchev–Trinajstić information content (AvgIpc) is 2.99. The van der Waals surface area contributed by atoms with Gasteiger partial charge in [-0.1, -0.05) is 18.9 Å². The first-order valence-electron chi connectivity index (χ1n) is 9.57. The summed E-state index contributed by atoms with van der Waals surface area (Å²) in [6.07, 6.45) is 9.32. The number of aliphatic hydroxyl groups excluding tert-OH is 1. The molecule has 0 fully saturated rings. The second-order valence-electron chi connectivity index (χ2n) is 7.40. The Morgan fingerprint density at radius 3 is 3.18 bits per heavy atom. The van der Waals surface area contributed by atoms with Gasteiger partial charge < -0.3 is 14.8 Å². The van der Waals surface area contributed by atoms with Gasteiger partial charge in [0.15, 0.2) is 0 Å². The zero-order chi connectivity index (χ0) is 20.1. The summed E-state index contributed by atoms with van der Waals surface area (Å²) in [6.45, 7) is 7.71. The van der Waals surface area contributed by atoms with Crippen molar-refractivity contribution >= 4 is 21.6 Å². The van der Waals surface area contributed by atoms with Crippen LogP contribution >= 0.6 is 11.3 Å². The van der Waals surface area contributed by atoms with Crippen LogP contribution in [-0.4, -0.2) is 52.4 Å². The third kappa shape index (κ3) is 4.89. The van der Waals surface area contributed by atoms with E-state index in [1.165, 1.54) is 10.4 Å². The Balaban J connectivity index is 1.77. The third-order valence-corrected chi connectivity index (χ3v) is 6.09. The lowest BCUT2D eigenvalue weighted by Crippen LogP contribution is -2.35. The Hall–Kier alpha value is -1.98. The number of thiophene rings is 1. The molecule has 1 aliphatic rings. The lowest BCUT2D eigenvalue weighted by atomic mass is 9.89. The van der Waals surface area contributed by atoms with E-state index >= 15 is 0 Å². The lowest BCUT2D eigenvalue weighted by molar-refractivity contribution is 0.0281. The van der Waals surface area contributed by atoms with Crippen LogP contribution in [0, 0.1) is 18.3 Å². The molecule has 150 valence electrons. The minimum Gasteiger partial charge on any atom is -0.389 e. The molecule has 0 aromatic carbocycles. The fourth-order valence-corrected chi connectivity index (χ4v) is 5.07. The fourth-order valence-electron chi connectivity index (χ4n) is 3.67. The monoisotopic (exact) mass is 401 g/mol. The van der Waals surface area contributed by atoms with E-state index in [4.69, 9.17) is 16.1 Å². The minimum absolute atomic E-state index is 0.0662. The van der Waals surface area contributed by atoms with E-state index in [0.717, 1.165) is 29.5 Å². The van der Waals surface area contributed by atoms with Gasteiger partial charge in [-0.2, -0.15) is 0 Å². The van der Waals surface area contributed by atoms with Gasteiger partial charge in [0.05, 0.1) is 24.6 Å². The molecule has 2 aromatic rings. The van der Waals surface area contributed by atoms with E-state index in [2.05, 4.69) is 24.4 Å². The maximum atomic E-state index is 12.7. The predicted molar refractivity (Wildman–Crippen MR) is 113 cm³/mol. The molecule has 3 rings (SSSR count). The van der Waals surface area contributed by atoms with Crippen molar-refractivity contribution in [3.63, 3.8) is 0 Å². The summed E-state index contributed by atoms with van der Waals surface area (Å²) in [4.78, 5) is 24.5. The molecule has 2 heterocycles. The van der Waals surface area contributed by atoms with Crippen LogP contribution < -0.4 is 5.56 Å². The molecule has 0 unspecified atom stereocenters. The molecular formula is C21H27N3O3S. The van der Waals surface area contributed by atoms with Crippen molar-refractivity contribution in [3.05, 3.63) is 39.3 Å². The Bertz CT molecular complexity index is 927. The van der Waals surface area contributed by atoms with Gasteiger partial charge in [0.1, 0.15) is 17.3 Å². The highest BCUT2D eigenvalue weighted by Crippen LogP contribution is 2.35. The largest absolute Gasteiger partial charge is 0.389 e. The predicted octanol–water partition coefficient (Wildman–Crippen LogP) is 2.11. The number of rotatable bonds is 9. The molecule has 0 saturated carbocycles. The Morgan fingerprint density at radius 2 is 2.43 bits per heavy atom. The van der Waals surface area contributed by atoms with E-state index in [0.29, 0.717) is 31.4 Å². The van der Waals surface area contributed by atoms with Gasteiger partial charge in [0, 0.05) is 18.0 Å². The van der Waals surface area contributed by atoms with Gasteiger partial charge in [-0.3, -0.25) is 9.69 Å². The average molecular weight is 402 g/mol. The Labute approximate surface area is 169 Å². The lowest BCUT2D eigenvalue weighted by Gasteiger charge is -2.23. The summed E-state index contributed by atoms with van der Waals surface area (Å²) in [5.74, 6) is 3.63. The zero-order valence-corrected chi connectivity index (χ0v) is 17.1. The van der Waals surface area contributed by atoms with Crippen molar-refractivity contribution in [2.24, 2.45) is 5.92 Å². The summed E-state index contributed by atoms with van der Waals surface area (Å²) in [7, 11) is 0. The second-order valence-corrected chi connectivity index (χ2v) is 8.48. The minimum atomic E-state index is -0.681. The molecule has 2 aromatic heterocycles. The molecule has 0 amide bonds. The topological polar surface area (TPSA) is 78.5 Å². The SMILES string of the molecule is C#CCOC[C@H](O)CN(CC=C)Cc1nc2sc3c(c2c(=O)[nH]1)CC[C@H](C)C3. The standard InChI is InChI=1S/C21H27N3O3S/c1-4-8-24(11-15(25)13-27-9-5-2)12-18-22-20(26)19-16-7-6-14(3)10-17(16)28-21(19)23-18/h2,4,14-15,25H,1,6-13H2,3H3,(H,22,23,26)/t14-,15+/m0/s1. The Kier molecular flexibility index (Phi) is 7.03. The summed E-state index contributed by atoms with van der Waals surface area (Å²) in [5, 5.41) is 10.9. The summed E-state index contributed by atoms with van der Waals surface area (Å²) in [6, 6.07) is 0. The van der Waals surface area contributed by atoms with Gasteiger partial charge >= 0.3 is 0 Å². The number of terminal acetylenes is 1. The summed E-state index contributed by atoms with van der Waals surface area (Å²) >= 11 is 1.64. The van der Waals surface area contributed by atoms with Crippen LogP contribution in [0.1, 0.15) is 29.6 Å². The number of hydrogen-bond donors (Lipinski definition) is 2. The van der Waals surface area contributed by atoms with Gasteiger partial charge in [0.25, 0.3) is 5.56 Å². The molecule has 2 N–H and O–H groups in total. The first kappa shape index (κ1) is 20.7. The number of nitrogens with zero attached hydrogens (tertiary/aromatic N) is 2. The molecule has 28 heavy (non-hydrogen) atoms. The molecule has 0 aliphatic heterocycles.